The SMILES string of the molecule is C.C=CC(=C)C.CCO.CO.NC1(C(=O)O)c2cc(Br)ccc2O[C@H]2CC3(CC[C@@H]21)OCCO3.O=C1CCC2C(=O)c3cc(Br)ccc3OC2C1.O=C1NC(=O)C2(N1)c1cc(Br)ccc1OC1CC3(CC[C@H]12)OCCO3.O=C1c2cc(Br)ccc2OC2CC3(CC[C@H]12)OCCO3.O=C[C@@]12CCC(=O)CC1Oc1ccc(Br)cc1C2=O.O=Cc1coc2ccc(Br)cc2c1=O.OCCO.[I][Zn][I]. The molecule has 21 rings (SSSR count). The van der Waals surface area contributed by atoms with Gasteiger partial charge in [0.05, 0.1) is 92.3 Å². The summed E-state index contributed by atoms with van der Waals surface area (Å²) in [5.41, 5.74) is 6.83. The van der Waals surface area contributed by atoms with Crippen LogP contribution in [0, 0.1) is 29.1 Å². The number of Topliss-reactive ketones (excluding diaryl/α,β-unsaturated/α-hetero) is 5. The fourth-order valence-corrected chi connectivity index (χ4v) is 20.9. The molecule has 31 nitrogen and oxygen atoms in total. The number of urea groups is 1. The van der Waals surface area contributed by atoms with Crippen LogP contribution in [0.5, 0.6) is 28.7 Å². The van der Waals surface area contributed by atoms with Crippen LogP contribution in [0.2, 0.25) is 0 Å². The summed E-state index contributed by atoms with van der Waals surface area (Å²) in [6.07, 6.45) is 10.3. The van der Waals surface area contributed by atoms with Gasteiger partial charge in [0.2, 0.25) is 5.43 Å². The number of halogens is 8. The number of imide groups is 1. The Labute approximate surface area is 865 Å². The summed E-state index contributed by atoms with van der Waals surface area (Å²) in [6.45, 7) is 14.1. The number of allylic oxidation sites excluding steroid dienone is 2. The number of hydrogen-bond acceptors (Lipinski definition) is 28. The number of fused-ring (bicyclic) bond motifs is 13. The maximum atomic E-state index is 12.9. The van der Waals surface area contributed by atoms with E-state index < -0.39 is 52.0 Å². The molecular weight excluding hydrogens is 2440 g/mol. The van der Waals surface area contributed by atoms with Gasteiger partial charge in [0.15, 0.2) is 46.5 Å². The Morgan fingerprint density at radius 2 is 0.963 bits per heavy atom. The molecule has 9 N–H and O–H groups in total. The number of aliphatic carboxylic acids is 1. The number of rotatable bonds is 5. The molecule has 1 aromatic heterocycles. The van der Waals surface area contributed by atoms with Gasteiger partial charge in [0, 0.05) is 128 Å². The molecule has 730 valence electrons. The van der Waals surface area contributed by atoms with Gasteiger partial charge in [0.1, 0.15) is 99.9 Å². The van der Waals surface area contributed by atoms with Gasteiger partial charge in [-0.15, -0.1) is 0 Å². The number of ketones is 5. The van der Waals surface area contributed by atoms with Gasteiger partial charge in [-0.25, -0.2) is 9.59 Å². The first-order valence-electron chi connectivity index (χ1n) is 43.4. The van der Waals surface area contributed by atoms with Crippen LogP contribution in [0.3, 0.4) is 0 Å². The summed E-state index contributed by atoms with van der Waals surface area (Å²) < 4.78 is 74.6. The number of aliphatic hydroxyl groups is 4. The Hall–Kier alpha value is -6.37. The third-order valence-corrected chi connectivity index (χ3v) is 28.0. The third kappa shape index (κ3) is 25.3. The van der Waals surface area contributed by atoms with Crippen molar-refractivity contribution in [3.8, 4) is 28.7 Å². The van der Waals surface area contributed by atoms with E-state index in [1.54, 1.807) is 73.7 Å². The van der Waals surface area contributed by atoms with Crippen LogP contribution in [-0.2, 0) is 73.6 Å². The van der Waals surface area contributed by atoms with Crippen LogP contribution in [0.15, 0.2) is 176 Å². The molecule has 136 heavy (non-hydrogen) atoms. The van der Waals surface area contributed by atoms with Crippen LogP contribution in [0.1, 0.15) is 170 Å². The maximum absolute atomic E-state index is 12.9. The number of carboxylic acids is 1. The number of nitrogens with two attached hydrogens (primary N) is 1. The first-order chi connectivity index (χ1) is 64.6. The van der Waals surface area contributed by atoms with Crippen LogP contribution >= 0.6 is 135 Å². The summed E-state index contributed by atoms with van der Waals surface area (Å²) >= 11 is 25.1. The molecule has 10 heterocycles. The van der Waals surface area contributed by atoms with Gasteiger partial charge in [-0.05, 0) is 155 Å². The molecular formula is C96H105Br6I2N3O28Zn. The number of benzene rings is 6. The number of aliphatic hydroxyl groups excluding tert-OH is 4. The zero-order chi connectivity index (χ0) is 98.1. The first kappa shape index (κ1) is 112. The third-order valence-electron chi connectivity index (χ3n) is 25.0. The molecule has 0 radical (unpaired) electrons. The van der Waals surface area contributed by atoms with Crippen molar-refractivity contribution in [3.63, 3.8) is 0 Å². The molecule has 6 aromatic carbocycles. The monoisotopic (exact) mass is 2540 g/mol. The number of carbonyl (C=O) groups is 10. The fourth-order valence-electron chi connectivity index (χ4n) is 18.8. The zero-order valence-corrected chi connectivity index (χ0v) is 90.5. The second kappa shape index (κ2) is 50.0. The predicted octanol–water partition coefficient (Wildman–Crippen LogP) is 16.9. The molecule has 4 spiro atoms. The van der Waals surface area contributed by atoms with Crippen LogP contribution in [0.25, 0.3) is 11.0 Å². The van der Waals surface area contributed by atoms with E-state index in [2.05, 4.69) is 159 Å². The van der Waals surface area contributed by atoms with E-state index in [9.17, 15) is 57.8 Å². The number of carboxylic acid groups (broad SMARTS) is 1. The number of carbonyl (C=O) groups excluding carboxylic acids is 9. The molecule has 40 heteroatoms. The quantitative estimate of drug-likeness (QED) is 0.0198. The number of nitrogens with one attached hydrogen (secondary N) is 2. The average molecular weight is 2550 g/mol. The van der Waals surface area contributed by atoms with E-state index in [1.165, 1.54) is 6.26 Å². The number of amides is 3. The molecule has 5 saturated carbocycles. The van der Waals surface area contributed by atoms with Gasteiger partial charge in [-0.3, -0.25) is 43.7 Å². The summed E-state index contributed by atoms with van der Waals surface area (Å²) in [5, 5.41) is 45.4. The number of hydrogen-bond donors (Lipinski definition) is 8. The van der Waals surface area contributed by atoms with Crippen molar-refractivity contribution in [3.05, 3.63) is 211 Å². The standard InChI is InChI=1S/C17H17BrN2O5.C16H18BrNO5.C15H15BrO4.C14H11BrO4.C13H11BrO3.C10H5BrO3.C5H8.C2H6O2.C2H6O.CH4O.CH4.2HI.Zn/c18-9-1-2-12-11(7-9)17(14(21)19-15(22)20-17)10-3-4-16(8-13(10)25-12)23-5-6-24-16;17-9-1-2-12-11(7-9)16(18,14(19)20)10-3-4-15(8-13(10)23-12)21-5-6-22-15;16-9-1-2-12-11(7-9)14(17)10-3-4-15(8-13(10)20-12)18-5-6-19-15;15-8-1-2-11-10(5-8)13(18)14(7-16)4-3-9(17)6-12(14)19-11;14-7-1-4-11-10(5-7)13(16)9-3-2-8(15)6-12(9)17-11;11-7-1-2-9-8(3-7)10(13)6(4-12)5-14-9;1-4-5(2)3;3-1-2-4;1-2-3;1-2;;;;/h1-2,7,10,13H,3-6,8H2,(H2,19,20,21,22);1-2,7,10,13H,3-6,8,18H2,(H,19,20);1-2,7,10,13H,3-6,8H2;1-2,5,7,12H,3-4,6H2;1,4-5,9,12H,2-3,6H2;1-5H;4H,1-2H2,3H3;3-4H,1-2H2;3H,2H2,1H3;2H,1H3;1H4;2*1H;/q;;;;;;;;;;;;;+2/p-2/t10-,13?,17?;10-,13-,16?;10-,13?;12?,14-;;;;;;;;;;/m1000........../s1. The Morgan fingerprint density at radius 3 is 1.44 bits per heavy atom. The Kier molecular flexibility index (Phi) is 41.1. The van der Waals surface area contributed by atoms with Gasteiger partial charge < -0.3 is 97.9 Å². The van der Waals surface area contributed by atoms with E-state index >= 15 is 0 Å². The van der Waals surface area contributed by atoms with Gasteiger partial charge in [-0.2, -0.15) is 0 Å². The minimum atomic E-state index is -1.47. The van der Waals surface area contributed by atoms with E-state index in [0.29, 0.717) is 184 Å². The predicted molar refractivity (Wildman–Crippen MR) is 534 cm³/mol. The fraction of sp³-hybridized carbons (Fsp3) is 0.448. The van der Waals surface area contributed by atoms with Crippen molar-refractivity contribution in [2.24, 2.45) is 34.8 Å². The second-order valence-electron chi connectivity index (χ2n) is 33.2. The van der Waals surface area contributed by atoms with Crippen molar-refractivity contribution in [1.82, 2.24) is 10.6 Å². The Morgan fingerprint density at radius 1 is 0.551 bits per heavy atom. The van der Waals surface area contributed by atoms with Crippen LogP contribution in [0.4, 0.5) is 4.79 Å². The molecule has 12 atom stereocenters. The molecule has 7 unspecified atom stereocenters. The van der Waals surface area contributed by atoms with Crippen molar-refractivity contribution in [2.45, 2.75) is 177 Å². The molecule has 9 fully saturated rings. The normalized spacial score (nSPS) is 26.1. The molecule has 4 saturated heterocycles. The van der Waals surface area contributed by atoms with Crippen molar-refractivity contribution >= 4 is 205 Å². The van der Waals surface area contributed by atoms with Crippen LogP contribution < -0.4 is 45.5 Å². The van der Waals surface area contributed by atoms with E-state index in [1.807, 2.05) is 55.5 Å². The first-order valence-corrected chi connectivity index (χ1v) is 66.2. The van der Waals surface area contributed by atoms with Crippen LogP contribution in [-0.4, -0.2) is 199 Å². The van der Waals surface area contributed by atoms with Gasteiger partial charge in [0.25, 0.3) is 5.91 Å². The Balaban J connectivity index is 0.000000164. The summed E-state index contributed by atoms with van der Waals surface area (Å²) in [7, 11) is 1.06. The second-order valence-corrected chi connectivity index (χ2v) is 62.2. The Bertz CT molecular complexity index is 5620. The zero-order valence-electron chi connectivity index (χ0n) is 73.7. The summed E-state index contributed by atoms with van der Waals surface area (Å²) in [4.78, 5) is 131. The molecule has 5 aliphatic carbocycles. The topological polar surface area (TPSA) is 454 Å². The van der Waals surface area contributed by atoms with E-state index in [-0.39, 0.29) is 151 Å². The molecule has 14 aliphatic rings. The molecule has 9 aliphatic heterocycles. The molecule has 7 aromatic rings. The summed E-state index contributed by atoms with van der Waals surface area (Å²) in [5.74, 6) is -0.702. The van der Waals surface area contributed by atoms with Crippen molar-refractivity contribution in [2.75, 3.05) is 66.6 Å². The van der Waals surface area contributed by atoms with E-state index in [4.69, 9.17) is 82.7 Å². The van der Waals surface area contributed by atoms with Crippen molar-refractivity contribution < 1.29 is 140 Å². The van der Waals surface area contributed by atoms with Gasteiger partial charge in [-0.1, -0.05) is 128 Å². The summed E-state index contributed by atoms with van der Waals surface area (Å²) in [6, 6.07) is 31.6. The number of ether oxygens (including phenoxy) is 11. The average Bonchev–Trinajstić information content (AvgIpc) is 1.49. The van der Waals surface area contributed by atoms with Gasteiger partial charge >= 0.3 is 61.6 Å². The minimum absolute atomic E-state index is 0. The molecule has 3 amide bonds. The molecule has 0 bridgehead atoms. The van der Waals surface area contributed by atoms with Crippen molar-refractivity contribution in [1.29, 1.82) is 0 Å². The number of aldehydes is 2. The van der Waals surface area contributed by atoms with E-state index in [0.717, 1.165) is 52.4 Å².